The van der Waals surface area contributed by atoms with Crippen molar-refractivity contribution in [1.82, 2.24) is 4.98 Å². The van der Waals surface area contributed by atoms with Gasteiger partial charge < -0.3 is 5.32 Å². The first kappa shape index (κ1) is 9.21. The summed E-state index contributed by atoms with van der Waals surface area (Å²) in [4.78, 5) is 5.55. The van der Waals surface area contributed by atoms with Gasteiger partial charge in [0.25, 0.3) is 0 Å². The number of hydrogen-bond donors (Lipinski definition) is 1. The number of hydrogen-bond acceptors (Lipinski definition) is 3. The van der Waals surface area contributed by atoms with Gasteiger partial charge in [0, 0.05) is 11.1 Å². The Hall–Kier alpha value is -1.35. The van der Waals surface area contributed by atoms with E-state index in [0.717, 1.165) is 5.82 Å². The van der Waals surface area contributed by atoms with Gasteiger partial charge >= 0.3 is 0 Å². The summed E-state index contributed by atoms with van der Waals surface area (Å²) >= 11 is 1.76. The third-order valence-corrected chi connectivity index (χ3v) is 3.05. The summed E-state index contributed by atoms with van der Waals surface area (Å²) in [6.07, 6.45) is 1.80. The second kappa shape index (κ2) is 4.24. The van der Waals surface area contributed by atoms with Crippen LogP contribution in [0.1, 0.15) is 17.8 Å². The highest BCUT2D eigenvalue weighted by Gasteiger charge is 2.05. The van der Waals surface area contributed by atoms with Gasteiger partial charge in [0.2, 0.25) is 0 Å². The second-order valence-electron chi connectivity index (χ2n) is 3.10. The van der Waals surface area contributed by atoms with Gasteiger partial charge in [0.15, 0.2) is 0 Å². The van der Waals surface area contributed by atoms with Crippen molar-refractivity contribution in [3.05, 3.63) is 46.8 Å². The number of rotatable bonds is 3. The van der Waals surface area contributed by atoms with Gasteiger partial charge in [-0.05, 0) is 30.5 Å². The van der Waals surface area contributed by atoms with Crippen LogP contribution in [0.2, 0.25) is 0 Å². The lowest BCUT2D eigenvalue weighted by Crippen LogP contribution is -2.05. The summed E-state index contributed by atoms with van der Waals surface area (Å²) in [6.45, 7) is 2.14. The van der Waals surface area contributed by atoms with E-state index in [9.17, 15) is 0 Å². The molecular weight excluding hydrogens is 192 g/mol. The minimum Gasteiger partial charge on any atom is -0.363 e. The van der Waals surface area contributed by atoms with E-state index in [2.05, 4.69) is 34.7 Å². The van der Waals surface area contributed by atoms with Crippen LogP contribution in [0.4, 0.5) is 5.82 Å². The Kier molecular flexibility index (Phi) is 2.79. The van der Waals surface area contributed by atoms with Gasteiger partial charge in [0.1, 0.15) is 5.82 Å². The third-order valence-electron chi connectivity index (χ3n) is 2.00. The molecule has 2 nitrogen and oxygen atoms in total. The molecule has 72 valence electrons. The molecule has 14 heavy (non-hydrogen) atoms. The Bertz CT molecular complexity index is 369. The first-order valence-electron chi connectivity index (χ1n) is 4.57. The number of nitrogens with zero attached hydrogens (tertiary/aromatic N) is 1. The van der Waals surface area contributed by atoms with E-state index in [-0.39, 0.29) is 0 Å². The molecule has 0 aliphatic rings. The van der Waals surface area contributed by atoms with Crippen molar-refractivity contribution in [2.24, 2.45) is 0 Å². The monoisotopic (exact) mass is 204 g/mol. The van der Waals surface area contributed by atoms with Gasteiger partial charge in [-0.25, -0.2) is 4.98 Å². The van der Waals surface area contributed by atoms with E-state index in [1.165, 1.54) is 4.88 Å². The van der Waals surface area contributed by atoms with E-state index >= 15 is 0 Å². The molecule has 2 heterocycles. The largest absolute Gasteiger partial charge is 0.363 e. The predicted molar refractivity (Wildman–Crippen MR) is 60.6 cm³/mol. The van der Waals surface area contributed by atoms with Crippen LogP contribution in [0.25, 0.3) is 0 Å². The SMILES string of the molecule is CC(Nc1ccccn1)c1cccs1. The zero-order chi connectivity index (χ0) is 9.80. The second-order valence-corrected chi connectivity index (χ2v) is 4.08. The Morgan fingerprint density at radius 2 is 2.21 bits per heavy atom. The van der Waals surface area contributed by atoms with Gasteiger partial charge in [-0.3, -0.25) is 0 Å². The molecule has 0 saturated heterocycles. The molecule has 3 heteroatoms. The maximum absolute atomic E-state index is 4.22. The average Bonchev–Trinajstić information content (AvgIpc) is 2.72. The molecule has 0 amide bonds. The Labute approximate surface area is 87.6 Å². The fourth-order valence-electron chi connectivity index (χ4n) is 1.28. The van der Waals surface area contributed by atoms with Crippen LogP contribution in [-0.2, 0) is 0 Å². The lowest BCUT2D eigenvalue weighted by Gasteiger charge is -2.12. The van der Waals surface area contributed by atoms with Crippen molar-refractivity contribution in [2.45, 2.75) is 13.0 Å². The van der Waals surface area contributed by atoms with Crippen LogP contribution in [0.5, 0.6) is 0 Å². The highest BCUT2D eigenvalue weighted by molar-refractivity contribution is 7.10. The maximum Gasteiger partial charge on any atom is 0.126 e. The zero-order valence-electron chi connectivity index (χ0n) is 7.97. The van der Waals surface area contributed by atoms with E-state index in [4.69, 9.17) is 0 Å². The zero-order valence-corrected chi connectivity index (χ0v) is 8.79. The summed E-state index contributed by atoms with van der Waals surface area (Å²) in [7, 11) is 0. The number of thiophene rings is 1. The first-order valence-corrected chi connectivity index (χ1v) is 5.45. The molecular formula is C11H12N2S. The molecule has 2 rings (SSSR count). The Morgan fingerprint density at radius 3 is 2.86 bits per heavy atom. The molecule has 0 aliphatic carbocycles. The molecule has 0 aliphatic heterocycles. The summed E-state index contributed by atoms with van der Waals surface area (Å²) in [5.41, 5.74) is 0. The molecule has 2 aromatic rings. The Morgan fingerprint density at radius 1 is 1.29 bits per heavy atom. The van der Waals surface area contributed by atoms with Crippen LogP contribution < -0.4 is 5.32 Å². The van der Waals surface area contributed by atoms with Crippen LogP contribution in [0, 0.1) is 0 Å². The highest BCUT2D eigenvalue weighted by atomic mass is 32.1. The van der Waals surface area contributed by atoms with Crippen molar-refractivity contribution in [2.75, 3.05) is 5.32 Å². The molecule has 0 bridgehead atoms. The quantitative estimate of drug-likeness (QED) is 0.829. The minimum absolute atomic E-state index is 0.324. The number of pyridine rings is 1. The molecule has 1 unspecified atom stereocenters. The van der Waals surface area contributed by atoms with Crippen LogP contribution in [0.3, 0.4) is 0 Å². The number of nitrogens with one attached hydrogen (secondary N) is 1. The maximum atomic E-state index is 4.22. The number of aromatic nitrogens is 1. The first-order chi connectivity index (χ1) is 6.86. The molecule has 1 atom stereocenters. The molecule has 0 radical (unpaired) electrons. The van der Waals surface area contributed by atoms with Crippen LogP contribution in [-0.4, -0.2) is 4.98 Å². The molecule has 0 spiro atoms. The molecule has 0 fully saturated rings. The van der Waals surface area contributed by atoms with Crippen LogP contribution in [0.15, 0.2) is 41.9 Å². The fraction of sp³-hybridized carbons (Fsp3) is 0.182. The van der Waals surface area contributed by atoms with Gasteiger partial charge in [0.05, 0.1) is 6.04 Å². The molecule has 1 N–H and O–H groups in total. The smallest absolute Gasteiger partial charge is 0.126 e. The number of anilines is 1. The lowest BCUT2D eigenvalue weighted by atomic mass is 10.3. The van der Waals surface area contributed by atoms with Crippen molar-refractivity contribution >= 4 is 17.2 Å². The highest BCUT2D eigenvalue weighted by Crippen LogP contribution is 2.21. The predicted octanol–water partition coefficient (Wildman–Crippen LogP) is 3.32. The van der Waals surface area contributed by atoms with Crippen molar-refractivity contribution in [1.29, 1.82) is 0 Å². The summed E-state index contributed by atoms with van der Waals surface area (Å²) < 4.78 is 0. The van der Waals surface area contributed by atoms with Gasteiger partial charge in [-0.1, -0.05) is 12.1 Å². The minimum atomic E-state index is 0.324. The van der Waals surface area contributed by atoms with Crippen molar-refractivity contribution in [3.8, 4) is 0 Å². The molecule has 0 aromatic carbocycles. The average molecular weight is 204 g/mol. The standard InChI is InChI=1S/C11H12N2S/c1-9(10-5-4-8-14-10)13-11-6-2-3-7-12-11/h2-9H,1H3,(H,12,13). The topological polar surface area (TPSA) is 24.9 Å². The van der Waals surface area contributed by atoms with E-state index in [1.54, 1.807) is 17.5 Å². The lowest BCUT2D eigenvalue weighted by molar-refractivity contribution is 0.896. The van der Waals surface area contributed by atoms with E-state index < -0.39 is 0 Å². The summed E-state index contributed by atoms with van der Waals surface area (Å²) in [6, 6.07) is 10.4. The third kappa shape index (κ3) is 2.12. The summed E-state index contributed by atoms with van der Waals surface area (Å²) in [5.74, 6) is 0.924. The van der Waals surface area contributed by atoms with E-state index in [1.807, 2.05) is 18.2 Å². The van der Waals surface area contributed by atoms with Crippen molar-refractivity contribution in [3.63, 3.8) is 0 Å². The van der Waals surface area contributed by atoms with E-state index in [0.29, 0.717) is 6.04 Å². The van der Waals surface area contributed by atoms with Crippen LogP contribution >= 0.6 is 11.3 Å². The van der Waals surface area contributed by atoms with Crippen molar-refractivity contribution < 1.29 is 0 Å². The molecule has 2 aromatic heterocycles. The van der Waals surface area contributed by atoms with Gasteiger partial charge in [-0.15, -0.1) is 11.3 Å². The summed E-state index contributed by atoms with van der Waals surface area (Å²) in [5, 5.41) is 5.43. The normalized spacial score (nSPS) is 12.4. The Balaban J connectivity index is 2.06. The van der Waals surface area contributed by atoms with Gasteiger partial charge in [-0.2, -0.15) is 0 Å². The fourth-order valence-corrected chi connectivity index (χ4v) is 2.01. The molecule has 0 saturated carbocycles.